The molecule has 9 heavy (non-hydrogen) atoms. The van der Waals surface area contributed by atoms with Gasteiger partial charge >= 0.3 is 0 Å². The fourth-order valence-corrected chi connectivity index (χ4v) is 1.49. The molecule has 0 aliphatic heterocycles. The Bertz CT molecular complexity index is 56.9. The average Bonchev–Trinajstić information content (AvgIpc) is 1.89. The summed E-state index contributed by atoms with van der Waals surface area (Å²) in [5.41, 5.74) is 5.44. The van der Waals surface area contributed by atoms with Gasteiger partial charge in [0, 0.05) is 0 Å². The predicted molar refractivity (Wildman–Crippen MR) is 45.8 cm³/mol. The molecule has 1 nitrogen and oxygen atoms in total. The van der Waals surface area contributed by atoms with Crippen LogP contribution in [0.15, 0.2) is 0 Å². The summed E-state index contributed by atoms with van der Waals surface area (Å²) in [6.45, 7) is 5.24. The van der Waals surface area contributed by atoms with Gasteiger partial charge in [-0.25, -0.2) is 0 Å². The Hall–Kier alpha value is 0.310. The summed E-state index contributed by atoms with van der Waals surface area (Å²) >= 11 is 2.01. The van der Waals surface area contributed by atoms with Crippen molar-refractivity contribution in [3.63, 3.8) is 0 Å². The van der Waals surface area contributed by atoms with Gasteiger partial charge in [-0.15, -0.1) is 0 Å². The summed E-state index contributed by atoms with van der Waals surface area (Å²) < 4.78 is 0. The Kier molecular flexibility index (Phi) is 6.65. The largest absolute Gasteiger partial charge is 0.330 e. The normalized spacial score (nSPS) is 13.7. The van der Waals surface area contributed by atoms with Gasteiger partial charge in [-0.1, -0.05) is 13.8 Å². The molecule has 0 fully saturated rings. The topological polar surface area (TPSA) is 26.0 Å². The SMILES string of the molecule is CCCSCC(C)CN. The summed E-state index contributed by atoms with van der Waals surface area (Å²) in [4.78, 5) is 0. The van der Waals surface area contributed by atoms with Gasteiger partial charge in [-0.05, 0) is 30.4 Å². The van der Waals surface area contributed by atoms with Crippen molar-refractivity contribution in [2.75, 3.05) is 18.1 Å². The first-order chi connectivity index (χ1) is 4.31. The van der Waals surface area contributed by atoms with E-state index in [1.165, 1.54) is 17.9 Å². The Labute approximate surface area is 62.4 Å². The molecule has 0 spiro atoms. The maximum absolute atomic E-state index is 5.44. The molecule has 0 heterocycles. The van der Waals surface area contributed by atoms with E-state index in [1.54, 1.807) is 0 Å². The van der Waals surface area contributed by atoms with E-state index in [2.05, 4.69) is 13.8 Å². The lowest BCUT2D eigenvalue weighted by atomic mass is 10.2. The quantitative estimate of drug-likeness (QED) is 0.599. The zero-order valence-electron chi connectivity index (χ0n) is 6.39. The standard InChI is InChI=1S/C7H17NS/c1-3-4-9-6-7(2)5-8/h7H,3-6,8H2,1-2H3. The molecule has 2 N–H and O–H groups in total. The highest BCUT2D eigenvalue weighted by molar-refractivity contribution is 7.99. The second kappa shape index (κ2) is 6.43. The van der Waals surface area contributed by atoms with Crippen LogP contribution in [0.25, 0.3) is 0 Å². The maximum atomic E-state index is 5.44. The maximum Gasteiger partial charge on any atom is -0.00297 e. The molecular weight excluding hydrogens is 130 g/mol. The molecule has 1 atom stereocenters. The molecule has 0 aromatic rings. The minimum atomic E-state index is 0.696. The van der Waals surface area contributed by atoms with Gasteiger partial charge in [0.25, 0.3) is 0 Å². The van der Waals surface area contributed by atoms with Crippen LogP contribution in [0.1, 0.15) is 20.3 Å². The van der Waals surface area contributed by atoms with E-state index < -0.39 is 0 Å². The molecule has 0 aliphatic carbocycles. The summed E-state index contributed by atoms with van der Waals surface area (Å²) in [6, 6.07) is 0. The van der Waals surface area contributed by atoms with Gasteiger partial charge in [0.05, 0.1) is 0 Å². The number of hydrogen-bond acceptors (Lipinski definition) is 2. The zero-order valence-corrected chi connectivity index (χ0v) is 7.21. The van der Waals surface area contributed by atoms with E-state index in [0.29, 0.717) is 5.92 Å². The predicted octanol–water partition coefficient (Wildman–Crippen LogP) is 1.72. The minimum Gasteiger partial charge on any atom is -0.330 e. The fraction of sp³-hybridized carbons (Fsp3) is 1.00. The van der Waals surface area contributed by atoms with Crippen molar-refractivity contribution in [1.29, 1.82) is 0 Å². The van der Waals surface area contributed by atoms with Crippen LogP contribution in [0.4, 0.5) is 0 Å². The van der Waals surface area contributed by atoms with Crippen molar-refractivity contribution >= 4 is 11.8 Å². The first kappa shape index (κ1) is 9.31. The van der Waals surface area contributed by atoms with Crippen LogP contribution in [0.3, 0.4) is 0 Å². The third-order valence-corrected chi connectivity index (χ3v) is 2.65. The fourth-order valence-electron chi connectivity index (χ4n) is 0.497. The van der Waals surface area contributed by atoms with E-state index in [1.807, 2.05) is 11.8 Å². The highest BCUT2D eigenvalue weighted by Gasteiger charge is 1.96. The highest BCUT2D eigenvalue weighted by Crippen LogP contribution is 2.07. The lowest BCUT2D eigenvalue weighted by molar-refractivity contribution is 0.675. The van der Waals surface area contributed by atoms with Crippen LogP contribution in [0.5, 0.6) is 0 Å². The Balaban J connectivity index is 2.88. The minimum absolute atomic E-state index is 0.696. The van der Waals surface area contributed by atoms with E-state index in [-0.39, 0.29) is 0 Å². The van der Waals surface area contributed by atoms with Crippen LogP contribution in [0.2, 0.25) is 0 Å². The lowest BCUT2D eigenvalue weighted by Crippen LogP contribution is -2.12. The van der Waals surface area contributed by atoms with E-state index in [9.17, 15) is 0 Å². The summed E-state index contributed by atoms with van der Waals surface area (Å²) in [7, 11) is 0. The van der Waals surface area contributed by atoms with Gasteiger partial charge in [-0.3, -0.25) is 0 Å². The van der Waals surface area contributed by atoms with Gasteiger partial charge in [-0.2, -0.15) is 11.8 Å². The van der Waals surface area contributed by atoms with E-state index in [4.69, 9.17) is 5.73 Å². The third kappa shape index (κ3) is 6.19. The Morgan fingerprint density at radius 1 is 1.56 bits per heavy atom. The average molecular weight is 147 g/mol. The van der Waals surface area contributed by atoms with Crippen LogP contribution in [-0.2, 0) is 0 Å². The summed E-state index contributed by atoms with van der Waals surface area (Å²) in [6.07, 6.45) is 1.28. The first-order valence-electron chi connectivity index (χ1n) is 3.59. The van der Waals surface area contributed by atoms with Crippen LogP contribution >= 0.6 is 11.8 Å². The monoisotopic (exact) mass is 147 g/mol. The first-order valence-corrected chi connectivity index (χ1v) is 4.74. The van der Waals surface area contributed by atoms with Crippen molar-refractivity contribution in [2.24, 2.45) is 11.7 Å². The zero-order chi connectivity index (χ0) is 7.11. The molecule has 1 unspecified atom stereocenters. The molecule has 2 heteroatoms. The van der Waals surface area contributed by atoms with Gasteiger partial charge in [0.15, 0.2) is 0 Å². The number of thioether (sulfide) groups is 1. The van der Waals surface area contributed by atoms with Gasteiger partial charge in [0.2, 0.25) is 0 Å². The molecule has 0 radical (unpaired) electrons. The highest BCUT2D eigenvalue weighted by atomic mass is 32.2. The smallest absolute Gasteiger partial charge is 0.00297 e. The molecule has 0 saturated carbocycles. The van der Waals surface area contributed by atoms with E-state index >= 15 is 0 Å². The molecule has 0 rings (SSSR count). The third-order valence-electron chi connectivity index (χ3n) is 1.15. The lowest BCUT2D eigenvalue weighted by Gasteiger charge is -2.05. The van der Waals surface area contributed by atoms with Crippen molar-refractivity contribution in [1.82, 2.24) is 0 Å². The second-order valence-electron chi connectivity index (χ2n) is 2.42. The molecule has 0 saturated heterocycles. The molecular formula is C7H17NS. The van der Waals surface area contributed by atoms with Crippen molar-refractivity contribution < 1.29 is 0 Å². The molecule has 0 aromatic carbocycles. The number of rotatable bonds is 5. The van der Waals surface area contributed by atoms with Gasteiger partial charge in [0.1, 0.15) is 0 Å². The molecule has 0 aliphatic rings. The van der Waals surface area contributed by atoms with Crippen LogP contribution in [-0.4, -0.2) is 18.1 Å². The number of nitrogens with two attached hydrogens (primary N) is 1. The van der Waals surface area contributed by atoms with Crippen LogP contribution < -0.4 is 5.73 Å². The second-order valence-corrected chi connectivity index (χ2v) is 3.57. The van der Waals surface area contributed by atoms with Crippen LogP contribution in [0, 0.1) is 5.92 Å². The summed E-state index contributed by atoms with van der Waals surface area (Å²) in [5.74, 6) is 3.20. The van der Waals surface area contributed by atoms with Crippen molar-refractivity contribution in [3.8, 4) is 0 Å². The molecule has 0 bridgehead atoms. The number of hydrogen-bond donors (Lipinski definition) is 1. The van der Waals surface area contributed by atoms with Crippen molar-refractivity contribution in [3.05, 3.63) is 0 Å². The van der Waals surface area contributed by atoms with Crippen molar-refractivity contribution in [2.45, 2.75) is 20.3 Å². The van der Waals surface area contributed by atoms with Gasteiger partial charge < -0.3 is 5.73 Å². The molecule has 0 amide bonds. The summed E-state index contributed by atoms with van der Waals surface area (Å²) in [5, 5.41) is 0. The Morgan fingerprint density at radius 2 is 2.22 bits per heavy atom. The molecule has 0 aromatic heterocycles. The van der Waals surface area contributed by atoms with E-state index in [0.717, 1.165) is 6.54 Å². The Morgan fingerprint density at radius 3 is 2.67 bits per heavy atom. The molecule has 56 valence electrons.